The molecule has 36 heavy (non-hydrogen) atoms. The van der Waals surface area contributed by atoms with E-state index in [1.807, 2.05) is 36.4 Å². The van der Waals surface area contributed by atoms with E-state index < -0.39 is 5.82 Å². The highest BCUT2D eigenvalue weighted by Crippen LogP contribution is 2.18. The Labute approximate surface area is 212 Å². The van der Waals surface area contributed by atoms with Gasteiger partial charge in [-0.05, 0) is 48.1 Å². The quantitative estimate of drug-likeness (QED) is 0.281. The van der Waals surface area contributed by atoms with Gasteiger partial charge in [0.05, 0.1) is 12.8 Å². The summed E-state index contributed by atoms with van der Waals surface area (Å²) in [5.41, 5.74) is 2.36. The lowest BCUT2D eigenvalue weighted by Crippen LogP contribution is -2.16. The van der Waals surface area contributed by atoms with E-state index in [4.69, 9.17) is 0 Å². The minimum absolute atomic E-state index is 0.0415. The molecule has 2 heterocycles. The van der Waals surface area contributed by atoms with Gasteiger partial charge >= 0.3 is 0 Å². The second kappa shape index (κ2) is 12.6. The van der Waals surface area contributed by atoms with Crippen LogP contribution in [0.5, 0.6) is 0 Å². The van der Waals surface area contributed by atoms with Crippen LogP contribution in [0.2, 0.25) is 0 Å². The summed E-state index contributed by atoms with van der Waals surface area (Å²) in [6, 6.07) is 19.5. The molecule has 184 valence electrons. The Morgan fingerprint density at radius 1 is 0.778 bits per heavy atom. The lowest BCUT2D eigenvalue weighted by molar-refractivity contribution is -0.116. The first-order chi connectivity index (χ1) is 17.5. The number of hydrogen-bond acceptors (Lipinski definition) is 6. The average Bonchev–Trinajstić information content (AvgIpc) is 3.31. The van der Waals surface area contributed by atoms with Crippen LogP contribution in [0.3, 0.4) is 0 Å². The molecule has 0 bridgehead atoms. The van der Waals surface area contributed by atoms with Gasteiger partial charge in [0.25, 0.3) is 0 Å². The summed E-state index contributed by atoms with van der Waals surface area (Å²) in [7, 11) is 0. The van der Waals surface area contributed by atoms with Gasteiger partial charge in [0.15, 0.2) is 0 Å². The zero-order valence-electron chi connectivity index (χ0n) is 19.6. The number of carbonyl (C=O) groups is 2. The minimum atomic E-state index is -0.395. The zero-order chi connectivity index (χ0) is 25.2. The number of nitrogens with one attached hydrogen (secondary N) is 2. The summed E-state index contributed by atoms with van der Waals surface area (Å²) >= 11 is 1.40. The predicted molar refractivity (Wildman–Crippen MR) is 138 cm³/mol. The Balaban J connectivity index is 1.15. The fourth-order valence-corrected chi connectivity index (χ4v) is 4.40. The van der Waals surface area contributed by atoms with Crippen LogP contribution in [-0.4, -0.2) is 27.0 Å². The number of anilines is 2. The van der Waals surface area contributed by atoms with E-state index in [0.717, 1.165) is 41.8 Å². The molecular formula is C27H26FN5O2S. The molecule has 2 aromatic heterocycles. The van der Waals surface area contributed by atoms with Gasteiger partial charge in [0, 0.05) is 12.6 Å². The fourth-order valence-electron chi connectivity index (χ4n) is 3.60. The Morgan fingerprint density at radius 2 is 1.53 bits per heavy atom. The van der Waals surface area contributed by atoms with Crippen molar-refractivity contribution in [1.82, 2.24) is 15.2 Å². The van der Waals surface area contributed by atoms with E-state index in [9.17, 15) is 14.0 Å². The van der Waals surface area contributed by atoms with Crippen molar-refractivity contribution in [2.45, 2.75) is 38.5 Å². The number of nitrogens with zero attached hydrogens (tertiary/aromatic N) is 3. The molecule has 0 fully saturated rings. The average molecular weight is 504 g/mol. The van der Waals surface area contributed by atoms with Crippen LogP contribution in [0.4, 0.5) is 15.3 Å². The number of pyridine rings is 1. The molecule has 9 heteroatoms. The normalized spacial score (nSPS) is 10.7. The number of amides is 2. The molecule has 0 spiro atoms. The van der Waals surface area contributed by atoms with Crippen molar-refractivity contribution in [2.75, 3.05) is 10.6 Å². The molecule has 2 N–H and O–H groups in total. The molecular weight excluding hydrogens is 477 g/mol. The largest absolute Gasteiger partial charge is 0.310 e. The second-order valence-corrected chi connectivity index (χ2v) is 9.35. The minimum Gasteiger partial charge on any atom is -0.310 e. The van der Waals surface area contributed by atoms with Crippen LogP contribution in [0.25, 0.3) is 0 Å². The third-order valence-electron chi connectivity index (χ3n) is 5.43. The summed E-state index contributed by atoms with van der Waals surface area (Å²) in [4.78, 5) is 28.6. The second-order valence-electron chi connectivity index (χ2n) is 8.29. The number of rotatable bonds is 11. The highest BCUT2D eigenvalue weighted by molar-refractivity contribution is 7.15. The van der Waals surface area contributed by atoms with Crippen molar-refractivity contribution in [2.24, 2.45) is 0 Å². The molecule has 0 saturated carbocycles. The molecule has 0 saturated heterocycles. The van der Waals surface area contributed by atoms with Gasteiger partial charge < -0.3 is 10.6 Å². The van der Waals surface area contributed by atoms with E-state index in [1.54, 1.807) is 30.5 Å². The molecule has 0 aliphatic rings. The topological polar surface area (TPSA) is 96.9 Å². The van der Waals surface area contributed by atoms with Gasteiger partial charge in [-0.1, -0.05) is 65.9 Å². The van der Waals surface area contributed by atoms with Gasteiger partial charge in [0.2, 0.25) is 16.9 Å². The first kappa shape index (κ1) is 25.1. The molecule has 0 unspecified atom stereocenters. The zero-order valence-corrected chi connectivity index (χ0v) is 20.4. The standard InChI is InChI=1S/C27H26FN5O2S/c28-22-12-6-5-11-21(22)17-25(35)30-23-15-14-20(18-29-23)10-4-7-13-26-32-33-27(36-26)31-24(34)16-19-8-2-1-3-9-19/h1-3,5-6,8-9,11-12,14-15,18H,4,7,10,13,16-17H2,(H,29,30,35)(H,31,33,34). The first-order valence-electron chi connectivity index (χ1n) is 11.7. The third-order valence-corrected chi connectivity index (χ3v) is 6.33. The monoisotopic (exact) mass is 503 g/mol. The molecule has 0 radical (unpaired) electrons. The van der Waals surface area contributed by atoms with Crippen molar-refractivity contribution in [1.29, 1.82) is 0 Å². The lowest BCUT2D eigenvalue weighted by atomic mass is 10.1. The van der Waals surface area contributed by atoms with E-state index in [1.165, 1.54) is 17.4 Å². The van der Waals surface area contributed by atoms with Crippen molar-refractivity contribution >= 4 is 34.1 Å². The van der Waals surface area contributed by atoms with Crippen molar-refractivity contribution < 1.29 is 14.0 Å². The van der Waals surface area contributed by atoms with Gasteiger partial charge in [-0.15, -0.1) is 10.2 Å². The number of aryl methyl sites for hydroxylation is 2. The molecule has 0 aliphatic heterocycles. The van der Waals surface area contributed by atoms with Gasteiger partial charge in [-0.2, -0.15) is 0 Å². The lowest BCUT2D eigenvalue weighted by Gasteiger charge is -2.06. The van der Waals surface area contributed by atoms with Gasteiger partial charge in [0.1, 0.15) is 16.6 Å². The van der Waals surface area contributed by atoms with E-state index >= 15 is 0 Å². The molecule has 0 atom stereocenters. The first-order valence-corrected chi connectivity index (χ1v) is 12.5. The molecule has 0 aliphatic carbocycles. The summed E-state index contributed by atoms with van der Waals surface area (Å²) < 4.78 is 13.7. The van der Waals surface area contributed by atoms with Crippen molar-refractivity contribution in [3.8, 4) is 0 Å². The summed E-state index contributed by atoms with van der Waals surface area (Å²) in [6.07, 6.45) is 5.49. The number of carbonyl (C=O) groups excluding carboxylic acids is 2. The van der Waals surface area contributed by atoms with Crippen LogP contribution in [0, 0.1) is 5.82 Å². The summed E-state index contributed by atoms with van der Waals surface area (Å²) in [5, 5.41) is 15.2. The maximum absolute atomic E-state index is 13.7. The molecule has 4 aromatic rings. The Kier molecular flexibility index (Phi) is 8.82. The van der Waals surface area contributed by atoms with Crippen LogP contribution < -0.4 is 10.6 Å². The maximum atomic E-state index is 13.7. The SMILES string of the molecule is O=C(Cc1ccccc1F)Nc1ccc(CCCCc2nnc(NC(=O)Cc3ccccc3)s2)cn1. The molecule has 4 rings (SSSR count). The maximum Gasteiger partial charge on any atom is 0.230 e. The van der Waals surface area contributed by atoms with E-state index in [-0.39, 0.29) is 18.2 Å². The fraction of sp³-hybridized carbons (Fsp3) is 0.222. The smallest absolute Gasteiger partial charge is 0.230 e. The highest BCUT2D eigenvalue weighted by atomic mass is 32.1. The highest BCUT2D eigenvalue weighted by Gasteiger charge is 2.10. The number of halogens is 1. The van der Waals surface area contributed by atoms with E-state index in [2.05, 4.69) is 25.8 Å². The Bertz CT molecular complexity index is 1300. The Hall–Kier alpha value is -3.98. The molecule has 2 aromatic carbocycles. The number of aromatic nitrogens is 3. The van der Waals surface area contributed by atoms with Crippen LogP contribution in [0.15, 0.2) is 72.9 Å². The van der Waals surface area contributed by atoms with Gasteiger partial charge in [-0.3, -0.25) is 9.59 Å². The van der Waals surface area contributed by atoms with Crippen molar-refractivity contribution in [3.05, 3.63) is 100 Å². The number of benzene rings is 2. The van der Waals surface area contributed by atoms with Crippen LogP contribution in [-0.2, 0) is 35.3 Å². The van der Waals surface area contributed by atoms with Gasteiger partial charge in [-0.25, -0.2) is 9.37 Å². The third kappa shape index (κ3) is 7.78. The van der Waals surface area contributed by atoms with Crippen LogP contribution in [0.1, 0.15) is 34.5 Å². The number of unbranched alkanes of at least 4 members (excludes halogenated alkanes) is 1. The number of hydrogen-bond donors (Lipinski definition) is 2. The summed E-state index contributed by atoms with van der Waals surface area (Å²) in [5.74, 6) is -0.374. The van der Waals surface area contributed by atoms with E-state index in [0.29, 0.717) is 22.9 Å². The molecule has 2 amide bonds. The Morgan fingerprint density at radius 3 is 2.31 bits per heavy atom. The predicted octanol–water partition coefficient (Wildman–Crippen LogP) is 5.00. The van der Waals surface area contributed by atoms with Crippen LogP contribution >= 0.6 is 11.3 Å². The van der Waals surface area contributed by atoms with Crippen molar-refractivity contribution in [3.63, 3.8) is 0 Å². The molecule has 7 nitrogen and oxygen atoms in total. The summed E-state index contributed by atoms with van der Waals surface area (Å²) in [6.45, 7) is 0.